The Hall–Kier alpha value is -4.45. The van der Waals surface area contributed by atoms with Crippen molar-refractivity contribution in [3.8, 4) is 0 Å². The average molecular weight is 404 g/mol. The van der Waals surface area contributed by atoms with Gasteiger partial charge in [-0.05, 0) is 33.7 Å². The van der Waals surface area contributed by atoms with Gasteiger partial charge in [-0.3, -0.25) is 4.79 Å². The first kappa shape index (κ1) is 17.4. The third-order valence-corrected chi connectivity index (χ3v) is 5.65. The number of benzene rings is 4. The van der Waals surface area contributed by atoms with E-state index < -0.39 is 11.2 Å². The van der Waals surface area contributed by atoms with Gasteiger partial charge < -0.3 is 9.97 Å². The van der Waals surface area contributed by atoms with Crippen LogP contribution in [0.3, 0.4) is 0 Å². The van der Waals surface area contributed by atoms with E-state index in [0.717, 1.165) is 42.7 Å². The summed E-state index contributed by atoms with van der Waals surface area (Å²) in [5.74, 6) is 0. The third-order valence-electron chi connectivity index (χ3n) is 5.65. The van der Waals surface area contributed by atoms with Gasteiger partial charge in [-0.1, -0.05) is 66.7 Å². The zero-order valence-electron chi connectivity index (χ0n) is 16.3. The summed E-state index contributed by atoms with van der Waals surface area (Å²) in [6.07, 6.45) is 1.59. The molecule has 0 saturated carbocycles. The largest absolute Gasteiger partial charge is 0.350 e. The molecule has 0 atom stereocenters. The number of hydrogen-bond acceptors (Lipinski definition) is 3. The molecule has 0 spiro atoms. The topological polar surface area (TPSA) is 83.0 Å². The number of nitrogens with zero attached hydrogens (tertiary/aromatic N) is 2. The third kappa shape index (κ3) is 2.62. The van der Waals surface area contributed by atoms with Gasteiger partial charge in [-0.25, -0.2) is 4.79 Å². The van der Waals surface area contributed by atoms with E-state index in [1.165, 1.54) is 0 Å². The van der Waals surface area contributed by atoms with Gasteiger partial charge in [-0.2, -0.15) is 5.10 Å². The SMILES string of the molecule is O=c1[nH]c2c([nH]c3ccccc32)c(=O)n1/N=C\c1c2ccccc2cc2ccccc12. The lowest BCUT2D eigenvalue weighted by Crippen LogP contribution is -2.32. The Morgan fingerprint density at radius 3 is 2.03 bits per heavy atom. The Morgan fingerprint density at radius 2 is 1.32 bits per heavy atom. The van der Waals surface area contributed by atoms with Crippen LogP contribution < -0.4 is 11.2 Å². The van der Waals surface area contributed by atoms with Crippen LogP contribution in [-0.2, 0) is 0 Å². The molecule has 0 aliphatic rings. The summed E-state index contributed by atoms with van der Waals surface area (Å²) < 4.78 is 0.869. The standard InChI is InChI=1S/C25H16N4O2/c30-24-23-22(19-11-5-6-12-21(19)27-23)28-25(31)29(24)26-14-20-17-9-3-1-7-15(17)13-16-8-2-4-10-18(16)20/h1-14,27H,(H,28,31)/b26-14-. The predicted octanol–water partition coefficient (Wildman–Crippen LogP) is 4.36. The Balaban J connectivity index is 1.61. The summed E-state index contributed by atoms with van der Waals surface area (Å²) in [5, 5.41) is 9.24. The van der Waals surface area contributed by atoms with Crippen LogP contribution in [0.5, 0.6) is 0 Å². The summed E-state index contributed by atoms with van der Waals surface area (Å²) in [5.41, 5.74) is 1.39. The first-order chi connectivity index (χ1) is 15.2. The second kappa shape index (κ2) is 6.53. The molecular weight excluding hydrogens is 388 g/mol. The van der Waals surface area contributed by atoms with E-state index in [4.69, 9.17) is 0 Å². The summed E-state index contributed by atoms with van der Waals surface area (Å²) in [6, 6.07) is 25.6. The highest BCUT2D eigenvalue weighted by molar-refractivity contribution is 6.13. The van der Waals surface area contributed by atoms with E-state index in [0.29, 0.717) is 11.0 Å². The van der Waals surface area contributed by atoms with Crippen molar-refractivity contribution in [2.24, 2.45) is 5.10 Å². The summed E-state index contributed by atoms with van der Waals surface area (Å²) >= 11 is 0. The van der Waals surface area contributed by atoms with Crippen molar-refractivity contribution in [1.29, 1.82) is 0 Å². The van der Waals surface area contributed by atoms with Gasteiger partial charge >= 0.3 is 11.2 Å². The van der Waals surface area contributed by atoms with E-state index in [9.17, 15) is 9.59 Å². The highest BCUT2D eigenvalue weighted by atomic mass is 16.2. The van der Waals surface area contributed by atoms with Gasteiger partial charge in [0.15, 0.2) is 0 Å². The first-order valence-electron chi connectivity index (χ1n) is 9.91. The number of hydrogen-bond donors (Lipinski definition) is 2. The van der Waals surface area contributed by atoms with Crippen molar-refractivity contribution >= 4 is 49.7 Å². The van der Waals surface area contributed by atoms with Crippen molar-refractivity contribution in [3.05, 3.63) is 105 Å². The fourth-order valence-corrected chi connectivity index (χ4v) is 4.20. The Bertz CT molecular complexity index is 1730. The van der Waals surface area contributed by atoms with Gasteiger partial charge in [0.05, 0.1) is 11.7 Å². The Kier molecular flexibility index (Phi) is 3.67. The van der Waals surface area contributed by atoms with Crippen LogP contribution in [0.15, 0.2) is 93.6 Å². The molecule has 2 heterocycles. The zero-order chi connectivity index (χ0) is 20.9. The van der Waals surface area contributed by atoms with Gasteiger partial charge in [-0.15, -0.1) is 4.68 Å². The fourth-order valence-electron chi connectivity index (χ4n) is 4.20. The molecule has 6 nitrogen and oxygen atoms in total. The van der Waals surface area contributed by atoms with E-state index in [2.05, 4.69) is 21.1 Å². The molecule has 4 aromatic carbocycles. The molecule has 0 amide bonds. The molecule has 6 aromatic rings. The minimum Gasteiger partial charge on any atom is -0.349 e. The quantitative estimate of drug-likeness (QED) is 0.332. The number of aromatic amines is 2. The molecule has 2 N–H and O–H groups in total. The molecule has 0 unspecified atom stereocenters. The molecule has 0 aliphatic carbocycles. The maximum atomic E-state index is 13.1. The maximum Gasteiger partial charge on any atom is 0.350 e. The second-order valence-corrected chi connectivity index (χ2v) is 7.44. The van der Waals surface area contributed by atoms with Crippen LogP contribution in [0.1, 0.15) is 5.56 Å². The van der Waals surface area contributed by atoms with Gasteiger partial charge in [0.1, 0.15) is 5.52 Å². The van der Waals surface area contributed by atoms with Crippen LogP contribution in [0, 0.1) is 0 Å². The van der Waals surface area contributed by atoms with Crippen LogP contribution in [0.25, 0.3) is 43.5 Å². The molecule has 31 heavy (non-hydrogen) atoms. The van der Waals surface area contributed by atoms with Gasteiger partial charge in [0, 0.05) is 16.5 Å². The van der Waals surface area contributed by atoms with Crippen LogP contribution in [0.4, 0.5) is 0 Å². The first-order valence-corrected chi connectivity index (χ1v) is 9.91. The second-order valence-electron chi connectivity index (χ2n) is 7.44. The molecule has 0 radical (unpaired) electrons. The summed E-state index contributed by atoms with van der Waals surface area (Å²) in [6.45, 7) is 0. The number of para-hydroxylation sites is 1. The minimum absolute atomic E-state index is 0.320. The number of fused-ring (bicyclic) bond motifs is 5. The van der Waals surface area contributed by atoms with Crippen molar-refractivity contribution in [3.63, 3.8) is 0 Å². The monoisotopic (exact) mass is 404 g/mol. The summed E-state index contributed by atoms with van der Waals surface area (Å²) in [4.78, 5) is 31.7. The van der Waals surface area contributed by atoms with Crippen molar-refractivity contribution in [2.45, 2.75) is 0 Å². The molecule has 148 valence electrons. The number of aromatic nitrogens is 3. The number of rotatable bonds is 2. The molecule has 0 fully saturated rings. The normalized spacial score (nSPS) is 12.0. The zero-order valence-corrected chi connectivity index (χ0v) is 16.3. The smallest absolute Gasteiger partial charge is 0.349 e. The van der Waals surface area contributed by atoms with Crippen LogP contribution in [0.2, 0.25) is 0 Å². The summed E-state index contributed by atoms with van der Waals surface area (Å²) in [7, 11) is 0. The van der Waals surface area contributed by atoms with E-state index in [-0.39, 0.29) is 0 Å². The van der Waals surface area contributed by atoms with Gasteiger partial charge in [0.25, 0.3) is 0 Å². The molecular formula is C25H16N4O2. The highest BCUT2D eigenvalue weighted by Crippen LogP contribution is 2.27. The average Bonchev–Trinajstić information content (AvgIpc) is 3.17. The molecule has 0 saturated heterocycles. The molecule has 6 rings (SSSR count). The number of nitrogens with one attached hydrogen (secondary N) is 2. The number of H-pyrrole nitrogens is 2. The van der Waals surface area contributed by atoms with Crippen molar-refractivity contribution in [2.75, 3.05) is 0 Å². The molecule has 2 aromatic heterocycles. The highest BCUT2D eigenvalue weighted by Gasteiger charge is 2.12. The van der Waals surface area contributed by atoms with E-state index >= 15 is 0 Å². The minimum atomic E-state index is -0.581. The molecule has 0 aliphatic heterocycles. The Morgan fingerprint density at radius 1 is 0.710 bits per heavy atom. The van der Waals surface area contributed by atoms with Crippen LogP contribution in [-0.4, -0.2) is 20.9 Å². The fraction of sp³-hybridized carbons (Fsp3) is 0. The molecule has 0 bridgehead atoms. The lowest BCUT2D eigenvalue weighted by molar-refractivity contribution is 0.770. The lowest BCUT2D eigenvalue weighted by atomic mass is 9.97. The van der Waals surface area contributed by atoms with Crippen LogP contribution >= 0.6 is 0 Å². The van der Waals surface area contributed by atoms with Crippen molar-refractivity contribution < 1.29 is 0 Å². The van der Waals surface area contributed by atoms with Crippen molar-refractivity contribution in [1.82, 2.24) is 14.6 Å². The van der Waals surface area contributed by atoms with Gasteiger partial charge in [0.2, 0.25) is 0 Å². The van der Waals surface area contributed by atoms with E-state index in [1.807, 2.05) is 72.8 Å². The van der Waals surface area contributed by atoms with E-state index in [1.54, 1.807) is 6.21 Å². The maximum absolute atomic E-state index is 13.1. The molecule has 6 heteroatoms. The predicted molar refractivity (Wildman–Crippen MR) is 125 cm³/mol. The lowest BCUT2D eigenvalue weighted by Gasteiger charge is -2.08. The Labute approximate surface area is 175 Å².